The Morgan fingerprint density at radius 1 is 0.461 bits per heavy atom. The van der Waals surface area contributed by atoms with E-state index in [4.69, 9.17) is 9.72 Å². The van der Waals surface area contributed by atoms with Crippen molar-refractivity contribution < 1.29 is 30.4 Å². The largest absolute Gasteiger partial charge is 0.510 e. The van der Waals surface area contributed by atoms with E-state index >= 15 is 0 Å². The first-order chi connectivity index (χ1) is 35.9. The summed E-state index contributed by atoms with van der Waals surface area (Å²) >= 11 is 0. The van der Waals surface area contributed by atoms with Crippen LogP contribution < -0.4 is 9.30 Å². The number of rotatable bonds is 11. The normalized spacial score (nSPS) is 12.2. The van der Waals surface area contributed by atoms with Gasteiger partial charge in [-0.1, -0.05) is 214 Å². The van der Waals surface area contributed by atoms with E-state index in [-0.39, 0.29) is 37.3 Å². The Hall–Kier alpha value is -7.59. The van der Waals surface area contributed by atoms with E-state index in [2.05, 4.69) is 296 Å². The first-order valence-corrected chi connectivity index (χ1v) is 26.1. The number of nitrogens with zero attached hydrogens (tertiary/aromatic N) is 4. The first-order valence-electron chi connectivity index (χ1n) is 26.1. The van der Waals surface area contributed by atoms with Crippen molar-refractivity contribution in [2.75, 3.05) is 0 Å². The number of ether oxygens (including phenoxy) is 1. The average molecular weight is 1170 g/mol. The quantitative estimate of drug-likeness (QED) is 0.0956. The Kier molecular flexibility index (Phi) is 13.8. The number of hydrogen-bond acceptors (Lipinski definition) is 2. The Morgan fingerprint density at radius 3 is 1.70 bits per heavy atom. The monoisotopic (exact) mass is 1170 g/mol. The van der Waals surface area contributed by atoms with Crippen LogP contribution in [0.15, 0.2) is 207 Å². The fourth-order valence-corrected chi connectivity index (χ4v) is 10.4. The van der Waals surface area contributed by atoms with Crippen molar-refractivity contribution in [3.8, 4) is 50.9 Å². The summed E-state index contributed by atoms with van der Waals surface area (Å²) in [5.41, 5.74) is 14.4. The van der Waals surface area contributed by atoms with Crippen LogP contribution in [-0.4, -0.2) is 14.1 Å². The van der Waals surface area contributed by atoms with Crippen LogP contribution in [0.25, 0.3) is 61.3 Å². The SMILES string of the molecule is CC(C)(C)c1cc(Oc2[c-]c3c(cc2)c2cc(-c4ccccc4)ccc2n3-c2cc(C(C)(C)C)ccn2)[c-]c(-n2[c-][n+](-c3cc(-c4ccccc4)cc(C(C)(C)c4ccccc4)c3)cc2C(C)(C)c2ccccc2)c1.[Pt]. The van der Waals surface area contributed by atoms with Gasteiger partial charge in [-0.25, -0.2) is 4.98 Å². The average Bonchev–Trinajstić information content (AvgIpc) is 4.04. The summed E-state index contributed by atoms with van der Waals surface area (Å²) in [4.78, 5) is 4.99. The number of benzene rings is 8. The molecule has 0 radical (unpaired) electrons. The molecule has 0 spiro atoms. The van der Waals surface area contributed by atoms with Crippen molar-refractivity contribution in [2.24, 2.45) is 0 Å². The minimum atomic E-state index is -0.455. The van der Waals surface area contributed by atoms with E-state index in [1.807, 2.05) is 12.3 Å². The number of imidazole rings is 1. The van der Waals surface area contributed by atoms with Crippen molar-refractivity contribution >= 4 is 21.8 Å². The second kappa shape index (κ2) is 20.2. The molecule has 0 amide bonds. The van der Waals surface area contributed by atoms with Gasteiger partial charge in [0.05, 0.1) is 11.4 Å². The molecule has 6 heteroatoms. The molecule has 3 aromatic heterocycles. The first kappa shape index (κ1) is 51.9. The summed E-state index contributed by atoms with van der Waals surface area (Å²) in [6, 6.07) is 76.8. The predicted octanol–water partition coefficient (Wildman–Crippen LogP) is 17.0. The van der Waals surface area contributed by atoms with Crippen molar-refractivity contribution in [3.05, 3.63) is 258 Å². The van der Waals surface area contributed by atoms with E-state index in [0.29, 0.717) is 11.5 Å². The van der Waals surface area contributed by atoms with Crippen LogP contribution in [0, 0.1) is 18.5 Å². The van der Waals surface area contributed by atoms with Gasteiger partial charge in [0.15, 0.2) is 0 Å². The third-order valence-corrected chi connectivity index (χ3v) is 15.1. The van der Waals surface area contributed by atoms with Gasteiger partial charge in [0.25, 0.3) is 6.33 Å². The second-order valence-corrected chi connectivity index (χ2v) is 23.1. The molecule has 5 nitrogen and oxygen atoms in total. The topological polar surface area (TPSA) is 35.9 Å². The molecule has 0 saturated heterocycles. The molecule has 11 aromatic rings. The van der Waals surface area contributed by atoms with Crippen molar-refractivity contribution in [1.82, 2.24) is 14.1 Å². The molecule has 382 valence electrons. The van der Waals surface area contributed by atoms with Gasteiger partial charge in [-0.05, 0) is 96.7 Å². The Balaban J connectivity index is 0.00000657. The van der Waals surface area contributed by atoms with E-state index < -0.39 is 5.41 Å². The van der Waals surface area contributed by atoms with Crippen LogP contribution in [0.2, 0.25) is 0 Å². The third kappa shape index (κ3) is 10.0. The van der Waals surface area contributed by atoms with Gasteiger partial charge in [0.1, 0.15) is 5.82 Å². The molecule has 11 rings (SSSR count). The fourth-order valence-electron chi connectivity index (χ4n) is 10.4. The molecule has 0 fully saturated rings. The van der Waals surface area contributed by atoms with E-state index in [0.717, 1.165) is 66.9 Å². The van der Waals surface area contributed by atoms with Gasteiger partial charge in [-0.3, -0.25) is 4.57 Å². The van der Waals surface area contributed by atoms with E-state index in [1.54, 1.807) is 0 Å². The molecule has 0 aliphatic heterocycles. The summed E-state index contributed by atoms with van der Waals surface area (Å²) in [6.45, 7) is 22.7. The zero-order valence-electron chi connectivity index (χ0n) is 45.1. The maximum Gasteiger partial charge on any atom is 0.267 e. The zero-order chi connectivity index (χ0) is 52.3. The van der Waals surface area contributed by atoms with E-state index in [9.17, 15) is 0 Å². The summed E-state index contributed by atoms with van der Waals surface area (Å²) in [5, 5.41) is 2.19. The van der Waals surface area contributed by atoms with Crippen molar-refractivity contribution in [3.63, 3.8) is 0 Å². The molecule has 0 bridgehead atoms. The van der Waals surface area contributed by atoms with Crippen molar-refractivity contribution in [2.45, 2.75) is 90.9 Å². The predicted molar refractivity (Wildman–Crippen MR) is 308 cm³/mol. The molecule has 76 heavy (non-hydrogen) atoms. The Morgan fingerprint density at radius 2 is 1.07 bits per heavy atom. The maximum absolute atomic E-state index is 7.03. The minimum Gasteiger partial charge on any atom is -0.510 e. The van der Waals surface area contributed by atoms with Gasteiger partial charge in [-0.15, -0.1) is 29.7 Å². The van der Waals surface area contributed by atoms with Crippen LogP contribution in [0.4, 0.5) is 0 Å². The summed E-state index contributed by atoms with van der Waals surface area (Å²) in [7, 11) is 0. The number of pyridine rings is 1. The molecular formula is C70H64N4OPt-2. The molecule has 0 aliphatic rings. The van der Waals surface area contributed by atoms with Gasteiger partial charge in [-0.2, -0.15) is 17.7 Å². The van der Waals surface area contributed by atoms with Gasteiger partial charge < -0.3 is 13.9 Å². The summed E-state index contributed by atoms with van der Waals surface area (Å²) in [5.74, 6) is 2.00. The smallest absolute Gasteiger partial charge is 0.267 e. The maximum atomic E-state index is 7.03. The van der Waals surface area contributed by atoms with Gasteiger partial charge in [0, 0.05) is 61.3 Å². The van der Waals surface area contributed by atoms with Gasteiger partial charge >= 0.3 is 0 Å². The standard InChI is InChI=1S/C70H64N4O.Pt/c1-67(2,3)54-35-36-71-66(43-54)74-63-34-31-50(48-23-15-11-16-24-48)39-62(63)61-33-32-59(45-64(61)74)75-60-42-55(68(4,5)6)40-58(44-60)73-47-72(46-65(73)70(9,10)53-29-21-14-22-30-53)57-38-51(49-25-17-12-18-26-49)37-56(41-57)69(7,8)52-27-19-13-20-28-52;/h11-43,46H,1-10H3;/q-2;. The van der Waals surface area contributed by atoms with Gasteiger partial charge in [0.2, 0.25) is 0 Å². The van der Waals surface area contributed by atoms with Crippen LogP contribution in [0.1, 0.15) is 103 Å². The Labute approximate surface area is 463 Å². The third-order valence-electron chi connectivity index (χ3n) is 15.1. The van der Waals surface area contributed by atoms with Crippen molar-refractivity contribution in [1.29, 1.82) is 0 Å². The second-order valence-electron chi connectivity index (χ2n) is 23.1. The zero-order valence-corrected chi connectivity index (χ0v) is 47.4. The number of fused-ring (bicyclic) bond motifs is 3. The van der Waals surface area contributed by atoms with Crippen LogP contribution >= 0.6 is 0 Å². The number of aromatic nitrogens is 4. The minimum absolute atomic E-state index is 0. The molecule has 0 aliphatic carbocycles. The van der Waals surface area contributed by atoms with Crippen LogP contribution in [0.3, 0.4) is 0 Å². The molecule has 0 atom stereocenters. The molecular weight excluding hydrogens is 1110 g/mol. The number of hydrogen-bond donors (Lipinski definition) is 0. The molecule has 8 aromatic carbocycles. The molecule has 3 heterocycles. The molecule has 0 saturated carbocycles. The summed E-state index contributed by atoms with van der Waals surface area (Å²) < 4.78 is 13.6. The fraction of sp³-hybridized carbons (Fsp3) is 0.200. The van der Waals surface area contributed by atoms with Crippen LogP contribution in [-0.2, 0) is 42.7 Å². The van der Waals surface area contributed by atoms with Crippen LogP contribution in [0.5, 0.6) is 11.5 Å². The molecule has 0 unspecified atom stereocenters. The van der Waals surface area contributed by atoms with E-state index in [1.165, 1.54) is 27.8 Å². The molecule has 0 N–H and O–H groups in total. The summed E-state index contributed by atoms with van der Waals surface area (Å²) in [6.07, 6.45) is 8.05. The Bertz CT molecular complexity index is 3860.